The molecule has 0 radical (unpaired) electrons. The quantitative estimate of drug-likeness (QED) is 0.835. The minimum absolute atomic E-state index is 0.00734. The lowest BCUT2D eigenvalue weighted by molar-refractivity contribution is 0.0718. The minimum Gasteiger partial charge on any atom is -0.372 e. The molecule has 0 saturated carbocycles. The highest BCUT2D eigenvalue weighted by molar-refractivity contribution is 5.92. The number of anilines is 3. The summed E-state index contributed by atoms with van der Waals surface area (Å²) in [6.45, 7) is 8.12. The van der Waals surface area contributed by atoms with Crippen LogP contribution in [0, 0.1) is 12.8 Å². The van der Waals surface area contributed by atoms with Crippen LogP contribution in [0.5, 0.6) is 0 Å². The molecule has 0 atom stereocenters. The Hall–Kier alpha value is -2.63. The summed E-state index contributed by atoms with van der Waals surface area (Å²) >= 11 is 0. The summed E-state index contributed by atoms with van der Waals surface area (Å²) < 4.78 is 0. The average Bonchev–Trinajstić information content (AvgIpc) is 2.75. The molecule has 0 unspecified atom stereocenters. The molecular weight excluding hydrogens is 362 g/mol. The van der Waals surface area contributed by atoms with Crippen molar-refractivity contribution in [2.24, 2.45) is 5.92 Å². The normalized spacial score (nSPS) is 18.0. The van der Waals surface area contributed by atoms with Crippen molar-refractivity contribution in [2.75, 3.05) is 36.4 Å². The van der Waals surface area contributed by atoms with E-state index in [4.69, 9.17) is 0 Å². The standard InChI is InChI=1S/C23H31N5O/c1-17-10-14-27(15-11-17)20-8-6-19(7-9-20)25-23-24-18(2)16-21(26-23)22(29)28-12-4-3-5-13-28/h6-9,16-17H,3-5,10-15H2,1-2H3,(H,24,25,26). The van der Waals surface area contributed by atoms with Gasteiger partial charge in [-0.3, -0.25) is 4.79 Å². The first kappa shape index (κ1) is 19.7. The minimum atomic E-state index is 0.00734. The van der Waals surface area contributed by atoms with Gasteiger partial charge in [-0.15, -0.1) is 0 Å². The van der Waals surface area contributed by atoms with Gasteiger partial charge in [0.25, 0.3) is 5.91 Å². The highest BCUT2D eigenvalue weighted by Gasteiger charge is 2.20. The third-order valence-corrected chi connectivity index (χ3v) is 5.99. The van der Waals surface area contributed by atoms with E-state index in [-0.39, 0.29) is 5.91 Å². The summed E-state index contributed by atoms with van der Waals surface area (Å²) in [5.74, 6) is 1.31. The first-order chi connectivity index (χ1) is 14.1. The Balaban J connectivity index is 1.45. The van der Waals surface area contributed by atoms with Gasteiger partial charge in [-0.25, -0.2) is 9.97 Å². The molecule has 2 aromatic rings. The molecule has 6 nitrogen and oxygen atoms in total. The molecular formula is C23H31N5O. The van der Waals surface area contributed by atoms with Crippen molar-refractivity contribution < 1.29 is 4.79 Å². The van der Waals surface area contributed by atoms with Crippen molar-refractivity contribution >= 4 is 23.2 Å². The SMILES string of the molecule is Cc1cc(C(=O)N2CCCCC2)nc(Nc2ccc(N3CCC(C)CC3)cc2)n1. The largest absolute Gasteiger partial charge is 0.372 e. The Bertz CT molecular complexity index is 837. The number of hydrogen-bond acceptors (Lipinski definition) is 5. The first-order valence-corrected chi connectivity index (χ1v) is 10.9. The zero-order valence-corrected chi connectivity index (χ0v) is 17.5. The molecule has 2 aliphatic heterocycles. The van der Waals surface area contributed by atoms with Gasteiger partial charge in [0.05, 0.1) is 0 Å². The molecule has 3 heterocycles. The molecule has 2 fully saturated rings. The number of rotatable bonds is 4. The van der Waals surface area contributed by atoms with Gasteiger partial charge in [0.1, 0.15) is 5.69 Å². The predicted molar refractivity (Wildman–Crippen MR) is 117 cm³/mol. The van der Waals surface area contributed by atoms with E-state index in [0.717, 1.165) is 56.3 Å². The van der Waals surface area contributed by atoms with Crippen LogP contribution >= 0.6 is 0 Å². The second-order valence-electron chi connectivity index (χ2n) is 8.41. The number of piperidine rings is 2. The van der Waals surface area contributed by atoms with E-state index in [0.29, 0.717) is 11.6 Å². The maximum atomic E-state index is 12.8. The monoisotopic (exact) mass is 393 g/mol. The fourth-order valence-corrected chi connectivity index (χ4v) is 4.14. The number of carbonyl (C=O) groups excluding carboxylic acids is 1. The van der Waals surface area contributed by atoms with E-state index in [2.05, 4.69) is 51.4 Å². The summed E-state index contributed by atoms with van der Waals surface area (Å²) in [7, 11) is 0. The van der Waals surface area contributed by atoms with Crippen molar-refractivity contribution in [3.63, 3.8) is 0 Å². The van der Waals surface area contributed by atoms with Gasteiger partial charge in [-0.1, -0.05) is 6.92 Å². The van der Waals surface area contributed by atoms with Crippen LogP contribution in [-0.2, 0) is 0 Å². The highest BCUT2D eigenvalue weighted by atomic mass is 16.2. The zero-order valence-electron chi connectivity index (χ0n) is 17.5. The van der Waals surface area contributed by atoms with Gasteiger partial charge in [0.2, 0.25) is 5.95 Å². The number of aromatic nitrogens is 2. The lowest BCUT2D eigenvalue weighted by atomic mass is 9.99. The van der Waals surface area contributed by atoms with Gasteiger partial charge in [-0.2, -0.15) is 0 Å². The lowest BCUT2D eigenvalue weighted by Gasteiger charge is -2.32. The Labute approximate surface area is 173 Å². The number of benzene rings is 1. The number of nitrogens with one attached hydrogen (secondary N) is 1. The molecule has 0 bridgehead atoms. The molecule has 0 spiro atoms. The molecule has 29 heavy (non-hydrogen) atoms. The van der Waals surface area contributed by atoms with Crippen LogP contribution in [0.3, 0.4) is 0 Å². The maximum absolute atomic E-state index is 12.8. The number of aryl methyl sites for hydroxylation is 1. The van der Waals surface area contributed by atoms with E-state index < -0.39 is 0 Å². The average molecular weight is 394 g/mol. The van der Waals surface area contributed by atoms with Crippen molar-refractivity contribution in [1.29, 1.82) is 0 Å². The lowest BCUT2D eigenvalue weighted by Crippen LogP contribution is -2.36. The molecule has 2 aliphatic rings. The number of carbonyl (C=O) groups is 1. The zero-order chi connectivity index (χ0) is 20.2. The summed E-state index contributed by atoms with van der Waals surface area (Å²) in [4.78, 5) is 26.1. The van der Waals surface area contributed by atoms with Gasteiger partial charge < -0.3 is 15.1 Å². The number of likely N-dealkylation sites (tertiary alicyclic amines) is 1. The van der Waals surface area contributed by atoms with Crippen LogP contribution in [0.2, 0.25) is 0 Å². The van der Waals surface area contributed by atoms with Crippen molar-refractivity contribution in [1.82, 2.24) is 14.9 Å². The molecule has 4 rings (SSSR count). The highest BCUT2D eigenvalue weighted by Crippen LogP contribution is 2.25. The van der Waals surface area contributed by atoms with Gasteiger partial charge in [-0.05, 0) is 75.3 Å². The summed E-state index contributed by atoms with van der Waals surface area (Å²) in [6, 6.07) is 10.2. The Morgan fingerprint density at radius 2 is 1.69 bits per heavy atom. The smallest absolute Gasteiger partial charge is 0.272 e. The third-order valence-electron chi connectivity index (χ3n) is 5.99. The third kappa shape index (κ3) is 4.86. The van der Waals surface area contributed by atoms with Crippen LogP contribution < -0.4 is 10.2 Å². The summed E-state index contributed by atoms with van der Waals surface area (Å²) in [5, 5.41) is 3.27. The van der Waals surface area contributed by atoms with Crippen LogP contribution in [0.1, 0.15) is 55.2 Å². The molecule has 1 amide bonds. The fourth-order valence-electron chi connectivity index (χ4n) is 4.14. The van der Waals surface area contributed by atoms with Crippen molar-refractivity contribution in [2.45, 2.75) is 46.0 Å². The van der Waals surface area contributed by atoms with Gasteiger partial charge in [0, 0.05) is 43.2 Å². The molecule has 2 saturated heterocycles. The van der Waals surface area contributed by atoms with Crippen molar-refractivity contribution in [3.05, 3.63) is 41.7 Å². The molecule has 1 aromatic carbocycles. The van der Waals surface area contributed by atoms with E-state index in [1.54, 1.807) is 6.07 Å². The summed E-state index contributed by atoms with van der Waals surface area (Å²) in [6.07, 6.45) is 5.86. The molecule has 6 heteroatoms. The number of nitrogens with zero attached hydrogens (tertiary/aromatic N) is 4. The topological polar surface area (TPSA) is 61.4 Å². The second-order valence-corrected chi connectivity index (χ2v) is 8.41. The fraction of sp³-hybridized carbons (Fsp3) is 0.522. The predicted octanol–water partition coefficient (Wildman–Crippen LogP) is 4.39. The number of hydrogen-bond donors (Lipinski definition) is 1. The Kier molecular flexibility index (Phi) is 5.97. The van der Waals surface area contributed by atoms with Crippen LogP contribution in [0.4, 0.5) is 17.3 Å². The van der Waals surface area contributed by atoms with Gasteiger partial charge in [0.15, 0.2) is 0 Å². The summed E-state index contributed by atoms with van der Waals surface area (Å²) in [5.41, 5.74) is 3.46. The van der Waals surface area contributed by atoms with Crippen molar-refractivity contribution in [3.8, 4) is 0 Å². The van der Waals surface area contributed by atoms with E-state index in [1.165, 1.54) is 24.9 Å². The van der Waals surface area contributed by atoms with Crippen LogP contribution in [-0.4, -0.2) is 47.0 Å². The van der Waals surface area contributed by atoms with Crippen LogP contribution in [0.25, 0.3) is 0 Å². The Morgan fingerprint density at radius 1 is 1.00 bits per heavy atom. The maximum Gasteiger partial charge on any atom is 0.272 e. The molecule has 154 valence electrons. The molecule has 1 aromatic heterocycles. The van der Waals surface area contributed by atoms with E-state index >= 15 is 0 Å². The Morgan fingerprint density at radius 3 is 2.38 bits per heavy atom. The molecule has 1 N–H and O–H groups in total. The first-order valence-electron chi connectivity index (χ1n) is 10.9. The molecule has 0 aliphatic carbocycles. The van der Waals surface area contributed by atoms with Gasteiger partial charge >= 0.3 is 0 Å². The van der Waals surface area contributed by atoms with E-state index in [1.807, 2.05) is 11.8 Å². The second kappa shape index (κ2) is 8.80. The van der Waals surface area contributed by atoms with Crippen LogP contribution in [0.15, 0.2) is 30.3 Å². The number of amides is 1. The van der Waals surface area contributed by atoms with E-state index in [9.17, 15) is 4.79 Å².